The van der Waals surface area contributed by atoms with E-state index in [1.807, 2.05) is 24.3 Å². The largest absolute Gasteiger partial charge is 0.497 e. The highest BCUT2D eigenvalue weighted by Crippen LogP contribution is 2.15. The lowest BCUT2D eigenvalue weighted by atomic mass is 10.2. The number of methoxy groups -OCH3 is 1. The second-order valence-corrected chi connectivity index (χ2v) is 5.00. The van der Waals surface area contributed by atoms with Crippen LogP contribution in [0.4, 0.5) is 21.8 Å². The van der Waals surface area contributed by atoms with Crippen LogP contribution in [0.15, 0.2) is 54.7 Å². The lowest BCUT2D eigenvalue weighted by molar-refractivity contribution is 0.414. The Morgan fingerprint density at radius 1 is 1.04 bits per heavy atom. The van der Waals surface area contributed by atoms with Gasteiger partial charge in [0, 0.05) is 12.2 Å². The number of nitrogens with zero attached hydrogens (tertiary/aromatic N) is 3. The van der Waals surface area contributed by atoms with Crippen molar-refractivity contribution in [2.24, 2.45) is 0 Å². The van der Waals surface area contributed by atoms with Gasteiger partial charge in [0.25, 0.3) is 0 Å². The van der Waals surface area contributed by atoms with Gasteiger partial charge in [-0.2, -0.15) is 10.1 Å². The summed E-state index contributed by atoms with van der Waals surface area (Å²) < 4.78 is 18.0. The van der Waals surface area contributed by atoms with E-state index in [1.165, 1.54) is 12.1 Å². The summed E-state index contributed by atoms with van der Waals surface area (Å²) in [6.45, 7) is 0.596. The van der Waals surface area contributed by atoms with Gasteiger partial charge in [-0.25, -0.2) is 4.39 Å². The van der Waals surface area contributed by atoms with Crippen molar-refractivity contribution in [3.8, 4) is 5.75 Å². The first-order valence-electron chi connectivity index (χ1n) is 7.32. The van der Waals surface area contributed by atoms with Crippen LogP contribution in [-0.4, -0.2) is 22.3 Å². The first kappa shape index (κ1) is 15.7. The third kappa shape index (κ3) is 4.16. The number of halogens is 1. The summed E-state index contributed by atoms with van der Waals surface area (Å²) in [5.41, 5.74) is 1.77. The third-order valence-corrected chi connectivity index (χ3v) is 3.29. The summed E-state index contributed by atoms with van der Waals surface area (Å²) in [6, 6.07) is 13.7. The Labute approximate surface area is 138 Å². The molecule has 122 valence electrons. The van der Waals surface area contributed by atoms with Gasteiger partial charge in [0.05, 0.1) is 13.3 Å². The normalized spacial score (nSPS) is 10.2. The van der Waals surface area contributed by atoms with Crippen molar-refractivity contribution >= 4 is 17.5 Å². The molecule has 2 aromatic carbocycles. The van der Waals surface area contributed by atoms with E-state index >= 15 is 0 Å². The molecule has 3 rings (SSSR count). The molecule has 3 aromatic rings. The molecule has 0 amide bonds. The van der Waals surface area contributed by atoms with Crippen LogP contribution in [0.1, 0.15) is 5.56 Å². The number of nitrogens with one attached hydrogen (secondary N) is 2. The Morgan fingerprint density at radius 2 is 1.79 bits per heavy atom. The maximum absolute atomic E-state index is 12.9. The summed E-state index contributed by atoms with van der Waals surface area (Å²) in [7, 11) is 1.63. The predicted octanol–water partition coefficient (Wildman–Crippen LogP) is 3.38. The van der Waals surface area contributed by atoms with E-state index in [0.717, 1.165) is 11.3 Å². The van der Waals surface area contributed by atoms with E-state index in [2.05, 4.69) is 25.8 Å². The van der Waals surface area contributed by atoms with Crippen LogP contribution >= 0.6 is 0 Å². The van der Waals surface area contributed by atoms with Gasteiger partial charge in [-0.1, -0.05) is 12.1 Å². The second-order valence-electron chi connectivity index (χ2n) is 5.00. The molecule has 0 saturated carbocycles. The minimum Gasteiger partial charge on any atom is -0.497 e. The number of anilines is 3. The van der Waals surface area contributed by atoms with E-state index < -0.39 is 0 Å². The zero-order valence-electron chi connectivity index (χ0n) is 13.0. The van der Waals surface area contributed by atoms with Crippen molar-refractivity contribution in [1.29, 1.82) is 0 Å². The highest BCUT2D eigenvalue weighted by Gasteiger charge is 2.02. The number of hydrogen-bond donors (Lipinski definition) is 2. The fraction of sp³-hybridized carbons (Fsp3) is 0.118. The maximum Gasteiger partial charge on any atom is 0.249 e. The molecular weight excluding hydrogens is 309 g/mol. The summed E-state index contributed by atoms with van der Waals surface area (Å²) >= 11 is 0. The minimum absolute atomic E-state index is 0.297. The molecule has 0 radical (unpaired) electrons. The standard InChI is InChI=1S/C17H16FN5O/c1-24-15-8-2-12(3-9-15)10-19-16-11-20-23-17(22-16)21-14-6-4-13(18)5-7-14/h2-9,11H,10H2,1H3,(H2,19,21,22,23). The first-order chi connectivity index (χ1) is 11.7. The van der Waals surface area contributed by atoms with Gasteiger partial charge >= 0.3 is 0 Å². The molecule has 0 spiro atoms. The predicted molar refractivity (Wildman–Crippen MR) is 89.8 cm³/mol. The number of ether oxygens (including phenoxy) is 1. The Kier molecular flexibility index (Phi) is 4.81. The molecule has 0 aliphatic rings. The Balaban J connectivity index is 1.63. The van der Waals surface area contributed by atoms with Crippen molar-refractivity contribution in [1.82, 2.24) is 15.2 Å². The fourth-order valence-electron chi connectivity index (χ4n) is 2.04. The quantitative estimate of drug-likeness (QED) is 0.724. The minimum atomic E-state index is -0.297. The Morgan fingerprint density at radius 3 is 2.50 bits per heavy atom. The summed E-state index contributed by atoms with van der Waals surface area (Å²) in [6.07, 6.45) is 1.54. The van der Waals surface area contributed by atoms with Gasteiger partial charge in [-0.05, 0) is 42.0 Å². The van der Waals surface area contributed by atoms with E-state index in [9.17, 15) is 4.39 Å². The number of aromatic nitrogens is 3. The third-order valence-electron chi connectivity index (χ3n) is 3.29. The van der Waals surface area contributed by atoms with Gasteiger partial charge in [0.2, 0.25) is 5.95 Å². The SMILES string of the molecule is COc1ccc(CNc2cnnc(Nc3ccc(F)cc3)n2)cc1. The van der Waals surface area contributed by atoms with Crippen LogP contribution in [-0.2, 0) is 6.54 Å². The number of benzene rings is 2. The molecule has 0 aliphatic carbocycles. The van der Waals surface area contributed by atoms with Gasteiger partial charge < -0.3 is 15.4 Å². The molecule has 0 aliphatic heterocycles. The van der Waals surface area contributed by atoms with Crippen molar-refractivity contribution in [2.45, 2.75) is 6.54 Å². The molecule has 6 nitrogen and oxygen atoms in total. The van der Waals surface area contributed by atoms with Crippen molar-refractivity contribution in [2.75, 3.05) is 17.7 Å². The molecule has 1 aromatic heterocycles. The molecule has 1 heterocycles. The Bertz CT molecular complexity index is 793. The molecule has 7 heteroatoms. The molecule has 0 unspecified atom stereocenters. The van der Waals surface area contributed by atoms with E-state index in [-0.39, 0.29) is 5.82 Å². The molecule has 0 atom stereocenters. The van der Waals surface area contributed by atoms with Crippen LogP contribution in [0.3, 0.4) is 0 Å². The highest BCUT2D eigenvalue weighted by molar-refractivity contribution is 5.53. The van der Waals surface area contributed by atoms with Crippen molar-refractivity contribution in [3.63, 3.8) is 0 Å². The lowest BCUT2D eigenvalue weighted by Gasteiger charge is -2.08. The fourth-order valence-corrected chi connectivity index (χ4v) is 2.04. The monoisotopic (exact) mass is 325 g/mol. The van der Waals surface area contributed by atoms with Crippen LogP contribution in [0.5, 0.6) is 5.75 Å². The maximum atomic E-state index is 12.9. The average Bonchev–Trinajstić information content (AvgIpc) is 2.63. The Hall–Kier alpha value is -3.22. The molecule has 0 saturated heterocycles. The van der Waals surface area contributed by atoms with Gasteiger partial charge in [0.15, 0.2) is 5.82 Å². The lowest BCUT2D eigenvalue weighted by Crippen LogP contribution is -2.05. The van der Waals surface area contributed by atoms with Crippen molar-refractivity contribution in [3.05, 3.63) is 66.1 Å². The molecule has 2 N–H and O–H groups in total. The summed E-state index contributed by atoms with van der Waals surface area (Å²) in [5.74, 6) is 1.44. The average molecular weight is 325 g/mol. The van der Waals surface area contributed by atoms with E-state index in [0.29, 0.717) is 24.0 Å². The van der Waals surface area contributed by atoms with Crippen molar-refractivity contribution < 1.29 is 9.13 Å². The zero-order chi connectivity index (χ0) is 16.8. The van der Waals surface area contributed by atoms with Gasteiger partial charge in [-0.15, -0.1) is 5.10 Å². The second kappa shape index (κ2) is 7.36. The van der Waals surface area contributed by atoms with Crippen LogP contribution in [0.2, 0.25) is 0 Å². The highest BCUT2D eigenvalue weighted by atomic mass is 19.1. The van der Waals surface area contributed by atoms with Crippen LogP contribution in [0, 0.1) is 5.82 Å². The molecule has 0 fully saturated rings. The van der Waals surface area contributed by atoms with Crippen LogP contribution in [0.25, 0.3) is 0 Å². The topological polar surface area (TPSA) is 72.0 Å². The molecular formula is C17H16FN5O. The molecule has 24 heavy (non-hydrogen) atoms. The van der Waals surface area contributed by atoms with Gasteiger partial charge in [-0.3, -0.25) is 0 Å². The number of hydrogen-bond acceptors (Lipinski definition) is 6. The summed E-state index contributed by atoms with van der Waals surface area (Å²) in [4.78, 5) is 4.32. The smallest absolute Gasteiger partial charge is 0.249 e. The van der Waals surface area contributed by atoms with E-state index in [4.69, 9.17) is 4.74 Å². The van der Waals surface area contributed by atoms with Crippen LogP contribution < -0.4 is 15.4 Å². The first-order valence-corrected chi connectivity index (χ1v) is 7.32. The molecule has 0 bridgehead atoms. The summed E-state index contributed by atoms with van der Waals surface area (Å²) in [5, 5.41) is 14.0. The number of rotatable bonds is 6. The van der Waals surface area contributed by atoms with Gasteiger partial charge in [0.1, 0.15) is 11.6 Å². The van der Waals surface area contributed by atoms with E-state index in [1.54, 1.807) is 25.4 Å². The zero-order valence-corrected chi connectivity index (χ0v) is 13.0.